The van der Waals surface area contributed by atoms with Gasteiger partial charge in [0, 0.05) is 5.02 Å². The fourth-order valence-corrected chi connectivity index (χ4v) is 1.74. The third-order valence-electron chi connectivity index (χ3n) is 2.20. The minimum atomic E-state index is -0.512. The van der Waals surface area contributed by atoms with Crippen molar-refractivity contribution in [2.75, 3.05) is 6.61 Å². The van der Waals surface area contributed by atoms with Crippen LogP contribution in [0, 0.1) is 13.8 Å². The number of carbonyl (C=O) groups is 1. The Morgan fingerprint density at radius 2 is 2.13 bits per heavy atom. The van der Waals surface area contributed by atoms with Crippen molar-refractivity contribution in [2.24, 2.45) is 5.73 Å². The molecule has 4 heteroatoms. The van der Waals surface area contributed by atoms with Crippen molar-refractivity contribution in [3.8, 4) is 5.75 Å². The van der Waals surface area contributed by atoms with E-state index in [9.17, 15) is 4.79 Å². The molecule has 0 radical (unpaired) electrons. The largest absolute Gasteiger partial charge is 0.493 e. The van der Waals surface area contributed by atoms with Gasteiger partial charge in [0.2, 0.25) is 0 Å². The first-order chi connectivity index (χ1) is 6.99. The van der Waals surface area contributed by atoms with Crippen LogP contribution in [0.25, 0.3) is 0 Å². The maximum atomic E-state index is 11.3. The molecule has 0 saturated heterocycles. The molecule has 0 heterocycles. The van der Waals surface area contributed by atoms with Gasteiger partial charge in [0.15, 0.2) is 0 Å². The van der Waals surface area contributed by atoms with Gasteiger partial charge in [-0.2, -0.15) is 0 Å². The molecule has 0 aliphatic heterocycles. The van der Waals surface area contributed by atoms with E-state index in [1.165, 1.54) is 0 Å². The quantitative estimate of drug-likeness (QED) is 0.863. The van der Waals surface area contributed by atoms with Gasteiger partial charge in [-0.05, 0) is 38.0 Å². The Kier molecular flexibility index (Phi) is 3.58. The minimum Gasteiger partial charge on any atom is -0.493 e. The normalized spacial score (nSPS) is 10.1. The maximum absolute atomic E-state index is 11.3. The number of nitrogens with two attached hydrogens (primary N) is 1. The molecule has 1 aromatic rings. The molecule has 0 aliphatic carbocycles. The second kappa shape index (κ2) is 4.53. The molecule has 0 saturated carbocycles. The summed E-state index contributed by atoms with van der Waals surface area (Å²) >= 11 is 5.97. The predicted octanol–water partition coefficient (Wildman–Crippen LogP) is 2.45. The van der Waals surface area contributed by atoms with E-state index in [-0.39, 0.29) is 0 Å². The van der Waals surface area contributed by atoms with Crippen LogP contribution in [0.2, 0.25) is 5.02 Å². The zero-order valence-corrected chi connectivity index (χ0v) is 9.81. The van der Waals surface area contributed by atoms with Gasteiger partial charge >= 0.3 is 0 Å². The third-order valence-corrected chi connectivity index (χ3v) is 2.59. The number of hydrogen-bond donors (Lipinski definition) is 1. The van der Waals surface area contributed by atoms with Gasteiger partial charge in [-0.25, -0.2) is 0 Å². The minimum absolute atomic E-state index is 0.377. The molecule has 1 amide bonds. The van der Waals surface area contributed by atoms with E-state index in [1.54, 1.807) is 13.0 Å². The van der Waals surface area contributed by atoms with Crippen LogP contribution in [-0.4, -0.2) is 12.5 Å². The summed E-state index contributed by atoms with van der Waals surface area (Å²) in [7, 11) is 0. The Hall–Kier alpha value is -1.22. The smallest absolute Gasteiger partial charge is 0.252 e. The summed E-state index contributed by atoms with van der Waals surface area (Å²) in [5, 5.41) is 0.532. The van der Waals surface area contributed by atoms with Crippen LogP contribution < -0.4 is 10.5 Å². The first-order valence-electron chi connectivity index (χ1n) is 4.71. The van der Waals surface area contributed by atoms with Gasteiger partial charge in [0.25, 0.3) is 5.91 Å². The van der Waals surface area contributed by atoms with Crippen molar-refractivity contribution < 1.29 is 9.53 Å². The molecule has 1 aromatic carbocycles. The van der Waals surface area contributed by atoms with E-state index >= 15 is 0 Å². The van der Waals surface area contributed by atoms with Crippen LogP contribution in [0.15, 0.2) is 6.07 Å². The monoisotopic (exact) mass is 227 g/mol. The number of benzene rings is 1. The van der Waals surface area contributed by atoms with E-state index < -0.39 is 5.91 Å². The van der Waals surface area contributed by atoms with Crippen LogP contribution in [0.4, 0.5) is 0 Å². The molecule has 15 heavy (non-hydrogen) atoms. The summed E-state index contributed by atoms with van der Waals surface area (Å²) in [6.07, 6.45) is 0. The summed E-state index contributed by atoms with van der Waals surface area (Å²) in [5.41, 5.74) is 7.17. The number of halogens is 1. The Balaban J connectivity index is 3.47. The van der Waals surface area contributed by atoms with E-state index in [0.717, 1.165) is 5.56 Å². The highest BCUT2D eigenvalue weighted by molar-refractivity contribution is 6.32. The molecule has 0 bridgehead atoms. The summed E-state index contributed by atoms with van der Waals surface area (Å²) in [6.45, 7) is 5.93. The highest BCUT2D eigenvalue weighted by Crippen LogP contribution is 2.31. The van der Waals surface area contributed by atoms with E-state index in [4.69, 9.17) is 22.1 Å². The lowest BCUT2D eigenvalue weighted by Crippen LogP contribution is -2.16. The lowest BCUT2D eigenvalue weighted by atomic mass is 10.0. The molecule has 3 nitrogen and oxygen atoms in total. The van der Waals surface area contributed by atoms with Crippen molar-refractivity contribution in [3.63, 3.8) is 0 Å². The highest BCUT2D eigenvalue weighted by Gasteiger charge is 2.17. The van der Waals surface area contributed by atoms with Gasteiger partial charge in [-0.3, -0.25) is 4.79 Å². The SMILES string of the molecule is CCOc1c(C)cc(Cl)c(C)c1C(N)=O. The highest BCUT2D eigenvalue weighted by atomic mass is 35.5. The fraction of sp³-hybridized carbons (Fsp3) is 0.364. The van der Waals surface area contributed by atoms with Gasteiger partial charge in [-0.1, -0.05) is 11.6 Å². The van der Waals surface area contributed by atoms with E-state index in [2.05, 4.69) is 0 Å². The number of aryl methyl sites for hydroxylation is 1. The first kappa shape index (κ1) is 11.9. The Labute approximate surface area is 94.2 Å². The lowest BCUT2D eigenvalue weighted by molar-refractivity contribution is 0.0996. The summed E-state index contributed by atoms with van der Waals surface area (Å²) in [6, 6.07) is 1.77. The fourth-order valence-electron chi connectivity index (χ4n) is 1.48. The number of hydrogen-bond acceptors (Lipinski definition) is 2. The van der Waals surface area contributed by atoms with Crippen LogP contribution in [0.5, 0.6) is 5.75 Å². The Bertz CT molecular complexity index is 402. The molecule has 82 valence electrons. The molecule has 0 spiro atoms. The van der Waals surface area contributed by atoms with Crippen molar-refractivity contribution in [2.45, 2.75) is 20.8 Å². The van der Waals surface area contributed by atoms with Crippen molar-refractivity contribution in [3.05, 3.63) is 27.8 Å². The topological polar surface area (TPSA) is 52.3 Å². The summed E-state index contributed by atoms with van der Waals surface area (Å²) in [5.74, 6) is 0.0217. The number of carbonyl (C=O) groups excluding carboxylic acids is 1. The maximum Gasteiger partial charge on any atom is 0.252 e. The predicted molar refractivity (Wildman–Crippen MR) is 60.6 cm³/mol. The second-order valence-corrected chi connectivity index (χ2v) is 3.71. The zero-order chi connectivity index (χ0) is 11.6. The molecule has 0 aromatic heterocycles. The number of primary amides is 1. The molecule has 2 N–H and O–H groups in total. The third kappa shape index (κ3) is 2.23. The van der Waals surface area contributed by atoms with Crippen LogP contribution >= 0.6 is 11.6 Å². The van der Waals surface area contributed by atoms with Crippen molar-refractivity contribution in [1.82, 2.24) is 0 Å². The van der Waals surface area contributed by atoms with Gasteiger partial charge < -0.3 is 10.5 Å². The lowest BCUT2D eigenvalue weighted by Gasteiger charge is -2.14. The van der Waals surface area contributed by atoms with E-state index in [0.29, 0.717) is 28.5 Å². The number of rotatable bonds is 3. The van der Waals surface area contributed by atoms with Crippen LogP contribution in [-0.2, 0) is 0 Å². The molecule has 1 rings (SSSR count). The average molecular weight is 228 g/mol. The molecule has 0 aliphatic rings. The van der Waals surface area contributed by atoms with Crippen molar-refractivity contribution >= 4 is 17.5 Å². The molecule has 0 fully saturated rings. The number of ether oxygens (including phenoxy) is 1. The second-order valence-electron chi connectivity index (χ2n) is 3.30. The first-order valence-corrected chi connectivity index (χ1v) is 5.09. The average Bonchev–Trinajstić information content (AvgIpc) is 2.14. The zero-order valence-electron chi connectivity index (χ0n) is 9.06. The molecular weight excluding hydrogens is 214 g/mol. The van der Waals surface area contributed by atoms with Gasteiger partial charge in [0.05, 0.1) is 12.2 Å². The van der Waals surface area contributed by atoms with E-state index in [1.807, 2.05) is 13.8 Å². The van der Waals surface area contributed by atoms with Crippen LogP contribution in [0.3, 0.4) is 0 Å². The van der Waals surface area contributed by atoms with Crippen LogP contribution in [0.1, 0.15) is 28.4 Å². The molecular formula is C11H14ClNO2. The summed E-state index contributed by atoms with van der Waals surface area (Å²) in [4.78, 5) is 11.3. The van der Waals surface area contributed by atoms with Crippen molar-refractivity contribution in [1.29, 1.82) is 0 Å². The van der Waals surface area contributed by atoms with Gasteiger partial charge in [0.1, 0.15) is 5.75 Å². The molecule has 0 atom stereocenters. The standard InChI is InChI=1S/C11H14ClNO2/c1-4-15-10-6(2)5-8(12)7(3)9(10)11(13)14/h5H,4H2,1-3H3,(H2,13,14). The Morgan fingerprint density at radius 3 is 2.60 bits per heavy atom. The summed E-state index contributed by atoms with van der Waals surface area (Å²) < 4.78 is 5.41. The number of amides is 1. The Morgan fingerprint density at radius 1 is 1.53 bits per heavy atom. The molecule has 0 unspecified atom stereocenters. The van der Waals surface area contributed by atoms with Gasteiger partial charge in [-0.15, -0.1) is 0 Å².